The zero-order valence-corrected chi connectivity index (χ0v) is 16.1. The van der Waals surface area contributed by atoms with Crippen LogP contribution in [0.25, 0.3) is 0 Å². The maximum Gasteiger partial charge on any atom is 0.308 e. The Kier molecular flexibility index (Phi) is 6.22. The van der Waals surface area contributed by atoms with Crippen LogP contribution in [0.4, 0.5) is 5.69 Å². The molecule has 0 heterocycles. The van der Waals surface area contributed by atoms with Crippen LogP contribution in [-0.4, -0.2) is 38.5 Å². The maximum atomic E-state index is 12.7. The number of nitrogens with one attached hydrogen (secondary N) is 1. The molecule has 2 atom stereocenters. The van der Waals surface area contributed by atoms with Crippen LogP contribution in [0, 0.1) is 5.92 Å². The zero-order valence-electron chi connectivity index (χ0n) is 15.3. The number of sulfonamides is 1. The lowest BCUT2D eigenvalue weighted by Crippen LogP contribution is -2.40. The molecule has 2 aromatic rings. The maximum absolute atomic E-state index is 12.7. The van der Waals surface area contributed by atoms with E-state index in [0.717, 1.165) is 0 Å². The second-order valence-corrected chi connectivity index (χ2v) is 8.19. The van der Waals surface area contributed by atoms with Gasteiger partial charge in [-0.1, -0.05) is 18.2 Å². The minimum Gasteiger partial charge on any atom is -0.481 e. The molecular formula is C19H22N2O5S. The molecule has 0 fully saturated rings. The third-order valence-electron chi connectivity index (χ3n) is 4.39. The number of rotatable bonds is 7. The van der Waals surface area contributed by atoms with Gasteiger partial charge in [0.15, 0.2) is 0 Å². The third-order valence-corrected chi connectivity index (χ3v) is 6.19. The molecule has 0 radical (unpaired) electrons. The van der Waals surface area contributed by atoms with Gasteiger partial charge in [-0.25, -0.2) is 8.42 Å². The van der Waals surface area contributed by atoms with E-state index in [-0.39, 0.29) is 10.5 Å². The highest BCUT2D eigenvalue weighted by Crippen LogP contribution is 2.22. The van der Waals surface area contributed by atoms with Crippen molar-refractivity contribution in [1.29, 1.82) is 0 Å². The standard InChI is InChI=1S/C19H22N2O5S/c1-13(19(23)24)14(2)20-18(22)15-9-11-17(12-10-15)27(25,26)21(3)16-7-5-4-6-8-16/h4-14H,1-3H3,(H,20,22)(H,23,24). The Labute approximate surface area is 158 Å². The van der Waals surface area contributed by atoms with E-state index >= 15 is 0 Å². The Morgan fingerprint density at radius 2 is 1.56 bits per heavy atom. The fourth-order valence-electron chi connectivity index (χ4n) is 2.34. The predicted molar refractivity (Wildman–Crippen MR) is 102 cm³/mol. The van der Waals surface area contributed by atoms with Crippen LogP contribution in [0.1, 0.15) is 24.2 Å². The first-order chi connectivity index (χ1) is 12.6. The summed E-state index contributed by atoms with van der Waals surface area (Å²) in [5, 5.41) is 11.6. The predicted octanol–water partition coefficient (Wildman–Crippen LogP) is 2.35. The van der Waals surface area contributed by atoms with E-state index in [9.17, 15) is 18.0 Å². The topological polar surface area (TPSA) is 104 Å². The van der Waals surface area contributed by atoms with Crippen LogP contribution >= 0.6 is 0 Å². The molecule has 144 valence electrons. The lowest BCUT2D eigenvalue weighted by atomic mass is 10.0. The number of nitrogens with zero attached hydrogens (tertiary/aromatic N) is 1. The van der Waals surface area contributed by atoms with Gasteiger partial charge in [0.05, 0.1) is 16.5 Å². The number of anilines is 1. The molecule has 0 aromatic heterocycles. The molecule has 0 bridgehead atoms. The van der Waals surface area contributed by atoms with E-state index in [2.05, 4.69) is 5.32 Å². The fraction of sp³-hybridized carbons (Fsp3) is 0.263. The Balaban J connectivity index is 2.16. The Hall–Kier alpha value is -2.87. The first-order valence-electron chi connectivity index (χ1n) is 8.32. The average molecular weight is 390 g/mol. The summed E-state index contributed by atoms with van der Waals surface area (Å²) in [5.41, 5.74) is 0.775. The van der Waals surface area contributed by atoms with Gasteiger partial charge < -0.3 is 10.4 Å². The third kappa shape index (κ3) is 4.65. The second kappa shape index (κ2) is 8.22. The van der Waals surface area contributed by atoms with Gasteiger partial charge in [0, 0.05) is 18.7 Å². The lowest BCUT2D eigenvalue weighted by molar-refractivity contribution is -0.141. The van der Waals surface area contributed by atoms with Gasteiger partial charge in [-0.2, -0.15) is 0 Å². The molecular weight excluding hydrogens is 368 g/mol. The largest absolute Gasteiger partial charge is 0.481 e. The van der Waals surface area contributed by atoms with Crippen molar-refractivity contribution in [1.82, 2.24) is 5.32 Å². The van der Waals surface area contributed by atoms with Gasteiger partial charge in [0.25, 0.3) is 15.9 Å². The number of para-hydroxylation sites is 1. The van der Waals surface area contributed by atoms with Crippen molar-refractivity contribution >= 4 is 27.6 Å². The summed E-state index contributed by atoms with van der Waals surface area (Å²) in [4.78, 5) is 23.3. The molecule has 2 unspecified atom stereocenters. The van der Waals surface area contributed by atoms with E-state index in [0.29, 0.717) is 5.69 Å². The second-order valence-electron chi connectivity index (χ2n) is 6.22. The summed E-state index contributed by atoms with van der Waals surface area (Å²) < 4.78 is 26.6. The Bertz CT molecular complexity index is 911. The van der Waals surface area contributed by atoms with Gasteiger partial charge >= 0.3 is 5.97 Å². The minimum absolute atomic E-state index is 0.0531. The molecule has 0 saturated heterocycles. The Morgan fingerprint density at radius 1 is 1.00 bits per heavy atom. The summed E-state index contributed by atoms with van der Waals surface area (Å²) in [5.74, 6) is -2.21. The highest BCUT2D eigenvalue weighted by atomic mass is 32.2. The number of hydrogen-bond acceptors (Lipinski definition) is 4. The number of carbonyl (C=O) groups is 2. The number of benzene rings is 2. The molecule has 2 rings (SSSR count). The summed E-state index contributed by atoms with van der Waals surface area (Å²) in [7, 11) is -2.30. The smallest absolute Gasteiger partial charge is 0.308 e. The summed E-state index contributed by atoms with van der Waals surface area (Å²) >= 11 is 0. The quantitative estimate of drug-likeness (QED) is 0.755. The van der Waals surface area contributed by atoms with E-state index in [1.807, 2.05) is 0 Å². The summed E-state index contributed by atoms with van der Waals surface area (Å²) in [6.07, 6.45) is 0. The lowest BCUT2D eigenvalue weighted by Gasteiger charge is -2.20. The number of carboxylic acids is 1. The molecule has 1 amide bonds. The van der Waals surface area contributed by atoms with Crippen molar-refractivity contribution in [2.24, 2.45) is 5.92 Å². The van der Waals surface area contributed by atoms with E-state index < -0.39 is 33.9 Å². The van der Waals surface area contributed by atoms with Crippen LogP contribution in [0.3, 0.4) is 0 Å². The van der Waals surface area contributed by atoms with E-state index in [1.165, 1.54) is 42.5 Å². The molecule has 0 saturated carbocycles. The van der Waals surface area contributed by atoms with Gasteiger partial charge in [-0.15, -0.1) is 0 Å². The highest BCUT2D eigenvalue weighted by molar-refractivity contribution is 7.92. The van der Waals surface area contributed by atoms with Crippen molar-refractivity contribution in [2.75, 3.05) is 11.4 Å². The molecule has 0 aliphatic carbocycles. The first kappa shape index (κ1) is 20.4. The van der Waals surface area contributed by atoms with Crippen LogP contribution in [0.2, 0.25) is 0 Å². The van der Waals surface area contributed by atoms with Crippen LogP contribution < -0.4 is 9.62 Å². The van der Waals surface area contributed by atoms with E-state index in [1.54, 1.807) is 37.3 Å². The minimum atomic E-state index is -3.76. The SMILES string of the molecule is CC(NC(=O)c1ccc(S(=O)(=O)N(C)c2ccccc2)cc1)C(C)C(=O)O. The van der Waals surface area contributed by atoms with Crippen molar-refractivity contribution in [3.05, 3.63) is 60.2 Å². The molecule has 0 aliphatic rings. The van der Waals surface area contributed by atoms with Crippen molar-refractivity contribution in [3.8, 4) is 0 Å². The number of hydrogen-bond donors (Lipinski definition) is 2. The van der Waals surface area contributed by atoms with Crippen molar-refractivity contribution in [3.63, 3.8) is 0 Å². The highest BCUT2D eigenvalue weighted by Gasteiger charge is 2.23. The summed E-state index contributed by atoms with van der Waals surface area (Å²) in [6.45, 7) is 3.10. The Morgan fingerprint density at radius 3 is 2.07 bits per heavy atom. The molecule has 2 aromatic carbocycles. The molecule has 27 heavy (non-hydrogen) atoms. The van der Waals surface area contributed by atoms with E-state index in [4.69, 9.17) is 5.11 Å². The molecule has 0 aliphatic heterocycles. The number of carboxylic acid groups (broad SMARTS) is 1. The van der Waals surface area contributed by atoms with Gasteiger partial charge in [0.1, 0.15) is 0 Å². The normalized spacial score (nSPS) is 13.4. The molecule has 0 spiro atoms. The van der Waals surface area contributed by atoms with Crippen LogP contribution in [0.5, 0.6) is 0 Å². The molecule has 7 nitrogen and oxygen atoms in total. The number of aliphatic carboxylic acids is 1. The average Bonchev–Trinajstić information content (AvgIpc) is 2.67. The van der Waals surface area contributed by atoms with Gasteiger partial charge in [-0.3, -0.25) is 13.9 Å². The first-order valence-corrected chi connectivity index (χ1v) is 9.76. The molecule has 2 N–H and O–H groups in total. The summed E-state index contributed by atoms with van der Waals surface area (Å²) in [6, 6.07) is 13.6. The molecule has 8 heteroatoms. The fourth-order valence-corrected chi connectivity index (χ4v) is 3.54. The number of amides is 1. The van der Waals surface area contributed by atoms with Crippen LogP contribution in [0.15, 0.2) is 59.5 Å². The van der Waals surface area contributed by atoms with Gasteiger partial charge in [0.2, 0.25) is 0 Å². The zero-order chi connectivity index (χ0) is 20.2. The van der Waals surface area contributed by atoms with Crippen molar-refractivity contribution < 1.29 is 23.1 Å². The monoisotopic (exact) mass is 390 g/mol. The number of carbonyl (C=O) groups excluding carboxylic acids is 1. The van der Waals surface area contributed by atoms with Crippen LogP contribution in [-0.2, 0) is 14.8 Å². The van der Waals surface area contributed by atoms with Gasteiger partial charge in [-0.05, 0) is 50.2 Å². The van der Waals surface area contributed by atoms with Crippen molar-refractivity contribution in [2.45, 2.75) is 24.8 Å².